The van der Waals surface area contributed by atoms with Gasteiger partial charge in [-0.05, 0) is 73.5 Å². The normalized spacial score (nSPS) is 11.2. The molecular weight excluding hydrogens is 500 g/mol. The Bertz CT molecular complexity index is 1820. The lowest BCUT2D eigenvalue weighted by Crippen LogP contribution is -2.05. The summed E-state index contributed by atoms with van der Waals surface area (Å²) in [6.07, 6.45) is 3.46. The predicted octanol–water partition coefficient (Wildman–Crippen LogP) is 7.30. The van der Waals surface area contributed by atoms with E-state index in [0.29, 0.717) is 5.69 Å². The van der Waals surface area contributed by atoms with Crippen LogP contribution in [0, 0.1) is 0 Å². The lowest BCUT2D eigenvalue weighted by molar-refractivity contribution is 0.0697. The number of carbonyl (C=O) groups is 1. The molecule has 0 saturated carbocycles. The van der Waals surface area contributed by atoms with Gasteiger partial charge in [0.05, 0.1) is 39.8 Å². The molecule has 0 amide bonds. The largest absolute Gasteiger partial charge is 0.491 e. The molecule has 1 N–H and O–H groups in total. The molecule has 0 bridgehead atoms. The van der Waals surface area contributed by atoms with Gasteiger partial charge in [0.25, 0.3) is 0 Å². The SMILES string of the molecule is CC(C)Oc1ccc(-c2ccc(-c3cc(-c4ccc5nccnc5c4)n(-c4cccc(C(=O)O)c4)n3)cc2)cc1. The molecule has 0 fully saturated rings. The molecule has 0 unspecified atom stereocenters. The number of aromatic carboxylic acids is 1. The number of carboxylic acid groups (broad SMARTS) is 1. The van der Waals surface area contributed by atoms with Crippen LogP contribution in [0.3, 0.4) is 0 Å². The first kappa shape index (κ1) is 25.0. The first-order valence-electron chi connectivity index (χ1n) is 13.0. The van der Waals surface area contributed by atoms with E-state index in [1.165, 1.54) is 0 Å². The molecule has 0 saturated heterocycles. The van der Waals surface area contributed by atoms with Crippen molar-refractivity contribution in [1.29, 1.82) is 0 Å². The summed E-state index contributed by atoms with van der Waals surface area (Å²) in [6.45, 7) is 4.02. The van der Waals surface area contributed by atoms with Crippen LogP contribution in [0.2, 0.25) is 0 Å². The molecule has 4 aromatic carbocycles. The van der Waals surface area contributed by atoms with Crippen molar-refractivity contribution in [2.45, 2.75) is 20.0 Å². The average molecular weight is 527 g/mol. The Morgan fingerprint density at radius 3 is 2.10 bits per heavy atom. The maximum atomic E-state index is 11.7. The second-order valence-electron chi connectivity index (χ2n) is 9.71. The van der Waals surface area contributed by atoms with Gasteiger partial charge in [-0.15, -0.1) is 0 Å². The van der Waals surface area contributed by atoms with Crippen LogP contribution in [0.15, 0.2) is 109 Å². The summed E-state index contributed by atoms with van der Waals surface area (Å²) >= 11 is 0. The molecule has 0 atom stereocenters. The van der Waals surface area contributed by atoms with E-state index in [1.807, 2.05) is 68.4 Å². The maximum Gasteiger partial charge on any atom is 0.335 e. The molecule has 196 valence electrons. The van der Waals surface area contributed by atoms with Gasteiger partial charge in [-0.25, -0.2) is 9.48 Å². The number of ether oxygens (including phenoxy) is 1. The van der Waals surface area contributed by atoms with Gasteiger partial charge in [0.2, 0.25) is 0 Å². The van der Waals surface area contributed by atoms with Crippen molar-refractivity contribution in [2.24, 2.45) is 0 Å². The second kappa shape index (κ2) is 10.5. The molecule has 0 radical (unpaired) electrons. The number of aromatic nitrogens is 4. The fourth-order valence-corrected chi connectivity index (χ4v) is 4.65. The average Bonchev–Trinajstić information content (AvgIpc) is 3.43. The Balaban J connectivity index is 1.40. The Kier molecular flexibility index (Phi) is 6.54. The fraction of sp³-hybridized carbons (Fsp3) is 0.0909. The number of carboxylic acids is 1. The van der Waals surface area contributed by atoms with Crippen molar-refractivity contribution in [1.82, 2.24) is 19.7 Å². The highest BCUT2D eigenvalue weighted by atomic mass is 16.5. The maximum absolute atomic E-state index is 11.7. The van der Waals surface area contributed by atoms with E-state index in [2.05, 4.69) is 34.2 Å². The summed E-state index contributed by atoms with van der Waals surface area (Å²) in [5.41, 5.74) is 8.01. The third-order valence-corrected chi connectivity index (χ3v) is 6.55. The second-order valence-corrected chi connectivity index (χ2v) is 9.71. The monoisotopic (exact) mass is 526 g/mol. The van der Waals surface area contributed by atoms with Gasteiger partial charge in [0.15, 0.2) is 0 Å². The van der Waals surface area contributed by atoms with Gasteiger partial charge in [0.1, 0.15) is 5.75 Å². The highest BCUT2D eigenvalue weighted by molar-refractivity contribution is 5.88. The van der Waals surface area contributed by atoms with E-state index in [-0.39, 0.29) is 11.7 Å². The van der Waals surface area contributed by atoms with E-state index in [0.717, 1.165) is 50.4 Å². The van der Waals surface area contributed by atoms with Crippen LogP contribution in [0.5, 0.6) is 5.75 Å². The summed E-state index contributed by atoms with van der Waals surface area (Å²) in [7, 11) is 0. The molecule has 0 aliphatic rings. The van der Waals surface area contributed by atoms with Crippen molar-refractivity contribution in [3.8, 4) is 45.1 Å². The minimum atomic E-state index is -0.990. The van der Waals surface area contributed by atoms with Crippen LogP contribution in [-0.4, -0.2) is 36.9 Å². The third-order valence-electron chi connectivity index (χ3n) is 6.55. The van der Waals surface area contributed by atoms with E-state index >= 15 is 0 Å². The van der Waals surface area contributed by atoms with Gasteiger partial charge < -0.3 is 9.84 Å². The van der Waals surface area contributed by atoms with Crippen molar-refractivity contribution in [3.63, 3.8) is 0 Å². The number of hydrogen-bond donors (Lipinski definition) is 1. The summed E-state index contributed by atoms with van der Waals surface area (Å²) in [5, 5.41) is 14.5. The minimum absolute atomic E-state index is 0.129. The molecular formula is C33H26N4O3. The van der Waals surface area contributed by atoms with Gasteiger partial charge >= 0.3 is 5.97 Å². The lowest BCUT2D eigenvalue weighted by atomic mass is 10.0. The smallest absolute Gasteiger partial charge is 0.335 e. The molecule has 6 aromatic rings. The van der Waals surface area contributed by atoms with Crippen LogP contribution >= 0.6 is 0 Å². The third kappa shape index (κ3) is 5.05. The number of nitrogens with zero attached hydrogens (tertiary/aromatic N) is 4. The highest BCUT2D eigenvalue weighted by Crippen LogP contribution is 2.32. The molecule has 2 heterocycles. The molecule has 6 rings (SSSR count). The van der Waals surface area contributed by atoms with Crippen molar-refractivity contribution < 1.29 is 14.6 Å². The number of fused-ring (bicyclic) bond motifs is 1. The van der Waals surface area contributed by atoms with Crippen LogP contribution in [0.1, 0.15) is 24.2 Å². The molecule has 0 spiro atoms. The summed E-state index contributed by atoms with van der Waals surface area (Å²) in [4.78, 5) is 20.5. The van der Waals surface area contributed by atoms with Crippen LogP contribution in [-0.2, 0) is 0 Å². The number of benzene rings is 4. The summed E-state index contributed by atoms with van der Waals surface area (Å²) < 4.78 is 7.54. The summed E-state index contributed by atoms with van der Waals surface area (Å²) in [5.74, 6) is -0.142. The van der Waals surface area contributed by atoms with E-state index in [4.69, 9.17) is 9.84 Å². The molecule has 40 heavy (non-hydrogen) atoms. The van der Waals surface area contributed by atoms with Gasteiger partial charge in [-0.3, -0.25) is 9.97 Å². The standard InChI is InChI=1S/C33H26N4O3/c1-21(2)40-28-13-10-23(11-14-28)22-6-8-24(9-7-22)30-20-32(25-12-15-29-31(19-25)35-17-16-34-29)37(36-30)27-5-3-4-26(18-27)33(38)39/h3-21H,1-2H3,(H,38,39). The Labute approximate surface area is 231 Å². The van der Waals surface area contributed by atoms with E-state index < -0.39 is 5.97 Å². The van der Waals surface area contributed by atoms with E-state index in [1.54, 1.807) is 35.3 Å². The first-order valence-corrected chi connectivity index (χ1v) is 13.0. The van der Waals surface area contributed by atoms with Crippen molar-refractivity contribution in [3.05, 3.63) is 115 Å². The molecule has 0 aliphatic heterocycles. The van der Waals surface area contributed by atoms with E-state index in [9.17, 15) is 9.90 Å². The van der Waals surface area contributed by atoms with Gasteiger partial charge in [0, 0.05) is 23.5 Å². The Morgan fingerprint density at radius 2 is 1.40 bits per heavy atom. The molecule has 2 aromatic heterocycles. The first-order chi connectivity index (χ1) is 19.4. The minimum Gasteiger partial charge on any atom is -0.491 e. The summed E-state index contributed by atoms with van der Waals surface area (Å²) in [6, 6.07) is 31.0. The quantitative estimate of drug-likeness (QED) is 0.235. The highest BCUT2D eigenvalue weighted by Gasteiger charge is 2.16. The number of rotatable bonds is 7. The zero-order valence-electron chi connectivity index (χ0n) is 22.0. The van der Waals surface area contributed by atoms with Crippen LogP contribution in [0.25, 0.3) is 50.4 Å². The van der Waals surface area contributed by atoms with Crippen LogP contribution in [0.4, 0.5) is 0 Å². The Morgan fingerprint density at radius 1 is 0.750 bits per heavy atom. The molecule has 7 heteroatoms. The van der Waals surface area contributed by atoms with Crippen molar-refractivity contribution in [2.75, 3.05) is 0 Å². The molecule has 7 nitrogen and oxygen atoms in total. The fourth-order valence-electron chi connectivity index (χ4n) is 4.65. The zero-order chi connectivity index (χ0) is 27.6. The topological polar surface area (TPSA) is 90.1 Å². The zero-order valence-corrected chi connectivity index (χ0v) is 22.0. The molecule has 0 aliphatic carbocycles. The van der Waals surface area contributed by atoms with Gasteiger partial charge in [-0.1, -0.05) is 48.5 Å². The van der Waals surface area contributed by atoms with Gasteiger partial charge in [-0.2, -0.15) is 5.10 Å². The predicted molar refractivity (Wildman–Crippen MR) is 156 cm³/mol. The van der Waals surface area contributed by atoms with Crippen molar-refractivity contribution >= 4 is 17.0 Å². The number of hydrogen-bond acceptors (Lipinski definition) is 5. The lowest BCUT2D eigenvalue weighted by Gasteiger charge is -2.10. The Hall–Kier alpha value is -5.30. The van der Waals surface area contributed by atoms with Crippen LogP contribution < -0.4 is 4.74 Å².